The second kappa shape index (κ2) is 6.09. The van der Waals surface area contributed by atoms with E-state index in [0.29, 0.717) is 12.1 Å². The Morgan fingerprint density at radius 1 is 1.24 bits per heavy atom. The van der Waals surface area contributed by atoms with Gasteiger partial charge in [0, 0.05) is 35.8 Å². The van der Waals surface area contributed by atoms with Gasteiger partial charge in [-0.15, -0.1) is 0 Å². The van der Waals surface area contributed by atoms with E-state index in [0.717, 1.165) is 17.5 Å². The molecule has 2 aromatic carbocycles. The summed E-state index contributed by atoms with van der Waals surface area (Å²) in [5.41, 5.74) is 6.15. The van der Waals surface area contributed by atoms with Gasteiger partial charge in [0.1, 0.15) is 0 Å². The van der Waals surface area contributed by atoms with Gasteiger partial charge in [-0.25, -0.2) is 4.98 Å². The van der Waals surface area contributed by atoms with Crippen LogP contribution in [0.5, 0.6) is 0 Å². The Labute approximate surface area is 145 Å². The second-order valence-electron chi connectivity index (χ2n) is 6.28. The average molecular weight is 332 g/mol. The van der Waals surface area contributed by atoms with Crippen molar-refractivity contribution in [2.45, 2.75) is 13.3 Å². The first-order valence-corrected chi connectivity index (χ1v) is 8.39. The van der Waals surface area contributed by atoms with Gasteiger partial charge in [-0.3, -0.25) is 4.79 Å². The molecule has 25 heavy (non-hydrogen) atoms. The lowest BCUT2D eigenvalue weighted by molar-refractivity contribution is 0.0954. The maximum Gasteiger partial charge on any atom is 0.251 e. The van der Waals surface area contributed by atoms with Gasteiger partial charge in [0.15, 0.2) is 0 Å². The number of aromatic amines is 1. The zero-order valence-electron chi connectivity index (χ0n) is 14.3. The topological polar surface area (TPSA) is 62.7 Å². The molecular weight excluding hydrogens is 312 g/mol. The number of para-hydroxylation sites is 1. The van der Waals surface area contributed by atoms with Gasteiger partial charge in [-0.05, 0) is 43.2 Å². The summed E-state index contributed by atoms with van der Waals surface area (Å²) < 4.78 is 2.21. The summed E-state index contributed by atoms with van der Waals surface area (Å²) in [5.74, 6) is -0.0608. The number of imidazole rings is 1. The lowest BCUT2D eigenvalue weighted by atomic mass is 10.1. The van der Waals surface area contributed by atoms with Crippen LogP contribution in [-0.2, 0) is 13.5 Å². The summed E-state index contributed by atoms with van der Waals surface area (Å²) in [6.45, 7) is 2.73. The Morgan fingerprint density at radius 3 is 2.96 bits per heavy atom. The molecule has 0 aliphatic carbocycles. The molecule has 1 amide bonds. The highest BCUT2D eigenvalue weighted by Crippen LogP contribution is 2.24. The van der Waals surface area contributed by atoms with Gasteiger partial charge in [-0.2, -0.15) is 0 Å². The molecule has 0 fully saturated rings. The van der Waals surface area contributed by atoms with E-state index >= 15 is 0 Å². The lowest BCUT2D eigenvalue weighted by Crippen LogP contribution is -2.25. The van der Waals surface area contributed by atoms with Crippen molar-refractivity contribution in [1.29, 1.82) is 0 Å². The molecule has 126 valence electrons. The number of hydrogen-bond donors (Lipinski definition) is 2. The van der Waals surface area contributed by atoms with Crippen LogP contribution in [0, 0.1) is 6.92 Å². The van der Waals surface area contributed by atoms with Crippen molar-refractivity contribution in [2.75, 3.05) is 6.54 Å². The van der Waals surface area contributed by atoms with Gasteiger partial charge in [0.2, 0.25) is 0 Å². The maximum absolute atomic E-state index is 12.4. The molecule has 5 heteroatoms. The number of H-pyrrole nitrogens is 1. The van der Waals surface area contributed by atoms with Crippen LogP contribution in [0.25, 0.3) is 21.9 Å². The average Bonchev–Trinajstić information content (AvgIpc) is 3.20. The highest BCUT2D eigenvalue weighted by atomic mass is 16.1. The monoisotopic (exact) mass is 332 g/mol. The fourth-order valence-electron chi connectivity index (χ4n) is 3.39. The highest BCUT2D eigenvalue weighted by molar-refractivity contribution is 5.97. The van der Waals surface area contributed by atoms with E-state index in [1.807, 2.05) is 18.2 Å². The van der Waals surface area contributed by atoms with E-state index in [-0.39, 0.29) is 5.91 Å². The third-order valence-corrected chi connectivity index (χ3v) is 4.87. The van der Waals surface area contributed by atoms with E-state index in [4.69, 9.17) is 0 Å². The Bertz CT molecular complexity index is 1070. The van der Waals surface area contributed by atoms with Crippen molar-refractivity contribution in [3.8, 4) is 0 Å². The number of hydrogen-bond acceptors (Lipinski definition) is 2. The molecule has 0 aliphatic heterocycles. The fourth-order valence-corrected chi connectivity index (χ4v) is 3.39. The third-order valence-electron chi connectivity index (χ3n) is 4.87. The first-order valence-electron chi connectivity index (χ1n) is 8.39. The van der Waals surface area contributed by atoms with Gasteiger partial charge in [-0.1, -0.05) is 18.2 Å². The van der Waals surface area contributed by atoms with E-state index in [9.17, 15) is 4.79 Å². The van der Waals surface area contributed by atoms with Gasteiger partial charge >= 0.3 is 0 Å². The number of nitrogens with one attached hydrogen (secondary N) is 2. The molecule has 0 unspecified atom stereocenters. The largest absolute Gasteiger partial charge is 0.352 e. The standard InChI is InChI=1S/C20H20N4O/c1-13-15(16-5-3-4-6-19(16)24(13)2)9-10-21-20(25)14-7-8-17-18(11-14)23-12-22-17/h3-8,11-12H,9-10H2,1-2H3,(H,21,25)(H,22,23). The van der Waals surface area contributed by atoms with Crippen LogP contribution < -0.4 is 5.32 Å². The molecule has 5 nitrogen and oxygen atoms in total. The third kappa shape index (κ3) is 2.67. The van der Waals surface area contributed by atoms with Crippen molar-refractivity contribution in [1.82, 2.24) is 19.9 Å². The van der Waals surface area contributed by atoms with Crippen LogP contribution in [0.1, 0.15) is 21.6 Å². The molecular formula is C20H20N4O. The Hall–Kier alpha value is -3.08. The normalized spacial score (nSPS) is 11.3. The second-order valence-corrected chi connectivity index (χ2v) is 6.28. The summed E-state index contributed by atoms with van der Waals surface area (Å²) >= 11 is 0. The van der Waals surface area contributed by atoms with E-state index in [2.05, 4.69) is 58.1 Å². The van der Waals surface area contributed by atoms with Crippen molar-refractivity contribution in [2.24, 2.45) is 7.05 Å². The smallest absolute Gasteiger partial charge is 0.251 e. The molecule has 0 saturated heterocycles. The maximum atomic E-state index is 12.4. The number of rotatable bonds is 4. The number of aryl methyl sites for hydroxylation is 1. The Kier molecular flexibility index (Phi) is 3.76. The van der Waals surface area contributed by atoms with Gasteiger partial charge in [0.25, 0.3) is 5.91 Å². The number of carbonyl (C=O) groups is 1. The molecule has 0 atom stereocenters. The molecule has 2 aromatic heterocycles. The zero-order valence-corrected chi connectivity index (χ0v) is 14.3. The van der Waals surface area contributed by atoms with Crippen molar-refractivity contribution < 1.29 is 4.79 Å². The molecule has 4 rings (SSSR count). The molecule has 0 saturated carbocycles. The van der Waals surface area contributed by atoms with Gasteiger partial charge < -0.3 is 14.9 Å². The molecule has 0 aliphatic rings. The predicted molar refractivity (Wildman–Crippen MR) is 99.8 cm³/mol. The summed E-state index contributed by atoms with van der Waals surface area (Å²) in [7, 11) is 2.08. The minimum atomic E-state index is -0.0608. The fraction of sp³-hybridized carbons (Fsp3) is 0.200. The Morgan fingerprint density at radius 2 is 2.08 bits per heavy atom. The van der Waals surface area contributed by atoms with Crippen LogP contribution >= 0.6 is 0 Å². The summed E-state index contributed by atoms with van der Waals surface area (Å²) in [4.78, 5) is 19.6. The summed E-state index contributed by atoms with van der Waals surface area (Å²) in [5, 5.41) is 4.28. The summed E-state index contributed by atoms with van der Waals surface area (Å²) in [6.07, 6.45) is 2.45. The molecule has 0 bridgehead atoms. The molecule has 0 radical (unpaired) electrons. The first kappa shape index (κ1) is 15.4. The van der Waals surface area contributed by atoms with Crippen LogP contribution in [0.3, 0.4) is 0 Å². The number of fused-ring (bicyclic) bond motifs is 2. The molecule has 4 aromatic rings. The Balaban J connectivity index is 1.49. The molecule has 0 spiro atoms. The van der Waals surface area contributed by atoms with Crippen LogP contribution in [0.15, 0.2) is 48.8 Å². The van der Waals surface area contributed by atoms with Crippen LogP contribution in [-0.4, -0.2) is 27.0 Å². The first-order chi connectivity index (χ1) is 12.1. The predicted octanol–water partition coefficient (Wildman–Crippen LogP) is 3.34. The highest BCUT2D eigenvalue weighted by Gasteiger charge is 2.12. The van der Waals surface area contributed by atoms with E-state index in [1.54, 1.807) is 6.33 Å². The van der Waals surface area contributed by atoms with Crippen molar-refractivity contribution in [3.63, 3.8) is 0 Å². The van der Waals surface area contributed by atoms with E-state index < -0.39 is 0 Å². The molecule has 2 N–H and O–H groups in total. The minimum Gasteiger partial charge on any atom is -0.352 e. The lowest BCUT2D eigenvalue weighted by Gasteiger charge is -2.06. The molecule has 2 heterocycles. The zero-order chi connectivity index (χ0) is 17.4. The van der Waals surface area contributed by atoms with Crippen molar-refractivity contribution in [3.05, 3.63) is 65.6 Å². The number of carbonyl (C=O) groups excluding carboxylic acids is 1. The van der Waals surface area contributed by atoms with Crippen LogP contribution in [0.2, 0.25) is 0 Å². The SMILES string of the molecule is Cc1c(CCNC(=O)c2ccc3nc[nH]c3c2)c2ccccc2n1C. The minimum absolute atomic E-state index is 0.0608. The number of aromatic nitrogens is 3. The number of nitrogens with zero attached hydrogens (tertiary/aromatic N) is 2. The summed E-state index contributed by atoms with van der Waals surface area (Å²) in [6, 6.07) is 13.9. The quantitative estimate of drug-likeness (QED) is 0.602. The van der Waals surface area contributed by atoms with E-state index in [1.165, 1.54) is 22.2 Å². The van der Waals surface area contributed by atoms with Crippen molar-refractivity contribution >= 4 is 27.8 Å². The van der Waals surface area contributed by atoms with Crippen LogP contribution in [0.4, 0.5) is 0 Å². The number of amides is 1. The van der Waals surface area contributed by atoms with Gasteiger partial charge in [0.05, 0.1) is 17.4 Å². The number of benzene rings is 2.